The van der Waals surface area contributed by atoms with E-state index in [2.05, 4.69) is 34.2 Å². The van der Waals surface area contributed by atoms with Gasteiger partial charge >= 0.3 is 0 Å². The summed E-state index contributed by atoms with van der Waals surface area (Å²) < 4.78 is 5.29. The molecule has 2 aromatic rings. The Bertz CT molecular complexity index is 801. The van der Waals surface area contributed by atoms with Crippen LogP contribution in [0, 0.1) is 0 Å². The number of hydrogen-bond acceptors (Lipinski definition) is 4. The molecule has 29 heavy (non-hydrogen) atoms. The predicted molar refractivity (Wildman–Crippen MR) is 119 cm³/mol. The van der Waals surface area contributed by atoms with Crippen LogP contribution >= 0.6 is 0 Å². The second-order valence-corrected chi connectivity index (χ2v) is 7.15. The highest BCUT2D eigenvalue weighted by Crippen LogP contribution is 2.27. The summed E-state index contributed by atoms with van der Waals surface area (Å²) in [5, 5.41) is 13.5. The maximum absolute atomic E-state index is 10.1. The summed E-state index contributed by atoms with van der Waals surface area (Å²) >= 11 is 0. The van der Waals surface area contributed by atoms with E-state index in [9.17, 15) is 5.11 Å². The summed E-state index contributed by atoms with van der Waals surface area (Å²) in [6.45, 7) is 7.25. The van der Waals surface area contributed by atoms with Crippen molar-refractivity contribution in [1.29, 1.82) is 0 Å². The molecule has 156 valence electrons. The predicted octanol–water partition coefficient (Wildman–Crippen LogP) is 3.12. The Labute approximate surface area is 173 Å². The number of para-hydroxylation sites is 2. The summed E-state index contributed by atoms with van der Waals surface area (Å²) in [5.74, 6) is 2.23. The van der Waals surface area contributed by atoms with E-state index >= 15 is 0 Å². The van der Waals surface area contributed by atoms with Crippen LogP contribution in [0.15, 0.2) is 53.5 Å². The Morgan fingerprint density at radius 3 is 2.62 bits per heavy atom. The molecule has 0 spiro atoms. The molecule has 0 bridgehead atoms. The van der Waals surface area contributed by atoms with E-state index in [1.807, 2.05) is 30.3 Å². The summed E-state index contributed by atoms with van der Waals surface area (Å²) in [6.07, 6.45) is 1.99. The first-order valence-electron chi connectivity index (χ1n) is 10.4. The second-order valence-electron chi connectivity index (χ2n) is 7.15. The van der Waals surface area contributed by atoms with E-state index in [4.69, 9.17) is 9.73 Å². The minimum Gasteiger partial charge on any atom is -0.506 e. The van der Waals surface area contributed by atoms with Crippen molar-refractivity contribution in [1.82, 2.24) is 10.2 Å². The first-order valence-corrected chi connectivity index (χ1v) is 10.4. The molecule has 0 amide bonds. The van der Waals surface area contributed by atoms with Crippen molar-refractivity contribution in [2.75, 3.05) is 51.3 Å². The standard InChI is InChI=1S/C23H32N4O2/c1-3-24-23(25-13-7-9-19-8-6-10-20(18-19)29-2)27-16-14-26(15-17-27)21-11-4-5-12-22(21)28/h4-6,8,10-12,18,28H,3,7,9,13-17H2,1-2H3,(H,24,25). The Hall–Kier alpha value is -2.89. The first kappa shape index (κ1) is 20.8. The molecule has 2 N–H and O–H groups in total. The Balaban J connectivity index is 1.52. The van der Waals surface area contributed by atoms with Gasteiger partial charge in [-0.3, -0.25) is 4.99 Å². The zero-order valence-corrected chi connectivity index (χ0v) is 17.5. The van der Waals surface area contributed by atoms with Gasteiger partial charge in [0.05, 0.1) is 12.8 Å². The van der Waals surface area contributed by atoms with Crippen molar-refractivity contribution >= 4 is 11.6 Å². The van der Waals surface area contributed by atoms with Crippen molar-refractivity contribution in [3.05, 3.63) is 54.1 Å². The average Bonchev–Trinajstić information content (AvgIpc) is 2.76. The first-order chi connectivity index (χ1) is 14.2. The lowest BCUT2D eigenvalue weighted by Crippen LogP contribution is -2.52. The Kier molecular flexibility index (Phi) is 7.61. The van der Waals surface area contributed by atoms with Crippen LogP contribution in [-0.2, 0) is 6.42 Å². The van der Waals surface area contributed by atoms with E-state index in [0.717, 1.165) is 69.5 Å². The number of aliphatic imine (C=N–C) groups is 1. The van der Waals surface area contributed by atoms with Crippen LogP contribution in [0.5, 0.6) is 11.5 Å². The maximum atomic E-state index is 10.1. The van der Waals surface area contributed by atoms with Crippen molar-refractivity contribution < 1.29 is 9.84 Å². The molecule has 0 atom stereocenters. The van der Waals surface area contributed by atoms with Crippen LogP contribution in [0.2, 0.25) is 0 Å². The van der Waals surface area contributed by atoms with Gasteiger partial charge in [-0.05, 0) is 49.6 Å². The lowest BCUT2D eigenvalue weighted by atomic mass is 10.1. The molecule has 1 fully saturated rings. The minimum absolute atomic E-state index is 0.346. The minimum atomic E-state index is 0.346. The molecule has 1 aliphatic heterocycles. The van der Waals surface area contributed by atoms with Crippen molar-refractivity contribution in [2.45, 2.75) is 19.8 Å². The van der Waals surface area contributed by atoms with E-state index in [0.29, 0.717) is 5.75 Å². The fourth-order valence-corrected chi connectivity index (χ4v) is 3.61. The van der Waals surface area contributed by atoms with Gasteiger partial charge in [0.15, 0.2) is 5.96 Å². The summed E-state index contributed by atoms with van der Waals surface area (Å²) in [4.78, 5) is 9.39. The molecule has 2 aromatic carbocycles. The molecule has 0 unspecified atom stereocenters. The number of hydrogen-bond donors (Lipinski definition) is 2. The number of aryl methyl sites for hydroxylation is 1. The van der Waals surface area contributed by atoms with Crippen LogP contribution in [0.1, 0.15) is 18.9 Å². The molecule has 0 radical (unpaired) electrons. The van der Waals surface area contributed by atoms with Gasteiger partial charge in [-0.15, -0.1) is 0 Å². The van der Waals surface area contributed by atoms with Gasteiger partial charge in [-0.2, -0.15) is 0 Å². The van der Waals surface area contributed by atoms with Crippen LogP contribution in [-0.4, -0.2) is 62.3 Å². The summed E-state index contributed by atoms with van der Waals surface area (Å²) in [6, 6.07) is 15.8. The van der Waals surface area contributed by atoms with Crippen molar-refractivity contribution in [3.8, 4) is 11.5 Å². The average molecular weight is 397 g/mol. The number of phenolic OH excluding ortho intramolecular Hbond substituents is 1. The van der Waals surface area contributed by atoms with Gasteiger partial charge in [0, 0.05) is 39.3 Å². The fourth-order valence-electron chi connectivity index (χ4n) is 3.61. The number of benzene rings is 2. The highest BCUT2D eigenvalue weighted by atomic mass is 16.5. The van der Waals surface area contributed by atoms with Crippen LogP contribution < -0.4 is 15.0 Å². The number of piperazine rings is 1. The van der Waals surface area contributed by atoms with Crippen molar-refractivity contribution in [2.24, 2.45) is 4.99 Å². The molecular weight excluding hydrogens is 364 g/mol. The molecule has 1 heterocycles. The van der Waals surface area contributed by atoms with Gasteiger partial charge in [-0.25, -0.2) is 0 Å². The van der Waals surface area contributed by atoms with Gasteiger partial charge in [0.2, 0.25) is 0 Å². The van der Waals surface area contributed by atoms with E-state index in [1.54, 1.807) is 13.2 Å². The molecule has 1 aliphatic rings. The topological polar surface area (TPSA) is 60.3 Å². The number of ether oxygens (including phenoxy) is 1. The number of nitrogens with zero attached hydrogens (tertiary/aromatic N) is 3. The molecule has 6 heteroatoms. The van der Waals surface area contributed by atoms with Gasteiger partial charge in [0.25, 0.3) is 0 Å². The summed E-state index contributed by atoms with van der Waals surface area (Å²) in [7, 11) is 1.70. The molecule has 3 rings (SSSR count). The third-order valence-corrected chi connectivity index (χ3v) is 5.16. The number of rotatable bonds is 7. The number of methoxy groups -OCH3 is 1. The lowest BCUT2D eigenvalue weighted by Gasteiger charge is -2.37. The third kappa shape index (κ3) is 5.79. The quantitative estimate of drug-likeness (QED) is 0.428. The molecule has 1 saturated heterocycles. The van der Waals surface area contributed by atoms with E-state index < -0.39 is 0 Å². The van der Waals surface area contributed by atoms with E-state index in [-0.39, 0.29) is 0 Å². The number of guanidine groups is 1. The number of phenols is 1. The van der Waals surface area contributed by atoms with Gasteiger partial charge < -0.3 is 25.0 Å². The van der Waals surface area contributed by atoms with Crippen LogP contribution in [0.4, 0.5) is 5.69 Å². The SMILES string of the molecule is CCNC(=NCCCc1cccc(OC)c1)N1CCN(c2ccccc2O)CC1. The molecule has 0 saturated carbocycles. The number of anilines is 1. The largest absolute Gasteiger partial charge is 0.506 e. The molecular formula is C23H32N4O2. The smallest absolute Gasteiger partial charge is 0.194 e. The highest BCUT2D eigenvalue weighted by Gasteiger charge is 2.21. The van der Waals surface area contributed by atoms with Gasteiger partial charge in [0.1, 0.15) is 11.5 Å². The Morgan fingerprint density at radius 1 is 1.10 bits per heavy atom. The monoisotopic (exact) mass is 396 g/mol. The number of aromatic hydroxyl groups is 1. The summed E-state index contributed by atoms with van der Waals surface area (Å²) in [5.41, 5.74) is 2.19. The van der Waals surface area contributed by atoms with E-state index in [1.165, 1.54) is 5.56 Å². The number of nitrogens with one attached hydrogen (secondary N) is 1. The van der Waals surface area contributed by atoms with Gasteiger partial charge in [-0.1, -0.05) is 24.3 Å². The highest BCUT2D eigenvalue weighted by molar-refractivity contribution is 5.80. The third-order valence-electron chi connectivity index (χ3n) is 5.16. The molecule has 0 aromatic heterocycles. The lowest BCUT2D eigenvalue weighted by molar-refractivity contribution is 0.369. The fraction of sp³-hybridized carbons (Fsp3) is 0.435. The molecule has 0 aliphatic carbocycles. The Morgan fingerprint density at radius 2 is 1.90 bits per heavy atom. The zero-order valence-electron chi connectivity index (χ0n) is 17.5. The zero-order chi connectivity index (χ0) is 20.5. The maximum Gasteiger partial charge on any atom is 0.194 e. The second kappa shape index (κ2) is 10.6. The normalized spacial score (nSPS) is 14.8. The van der Waals surface area contributed by atoms with Crippen LogP contribution in [0.25, 0.3) is 0 Å². The molecule has 6 nitrogen and oxygen atoms in total. The van der Waals surface area contributed by atoms with Crippen LogP contribution in [0.3, 0.4) is 0 Å². The van der Waals surface area contributed by atoms with Crippen molar-refractivity contribution in [3.63, 3.8) is 0 Å².